The molecule has 24 heavy (non-hydrogen) atoms. The summed E-state index contributed by atoms with van der Waals surface area (Å²) < 4.78 is 38.2. The second-order valence-corrected chi connectivity index (χ2v) is 8.26. The quantitative estimate of drug-likeness (QED) is 0.813. The molecule has 0 saturated heterocycles. The zero-order valence-electron chi connectivity index (χ0n) is 14.0. The first kappa shape index (κ1) is 18.9. The molecule has 1 aromatic carbocycles. The van der Waals surface area contributed by atoms with E-state index in [9.17, 15) is 17.6 Å². The molecule has 0 radical (unpaired) electrons. The van der Waals surface area contributed by atoms with Crippen molar-refractivity contribution < 1.29 is 17.6 Å². The summed E-state index contributed by atoms with van der Waals surface area (Å²) in [6.45, 7) is 0.264. The van der Waals surface area contributed by atoms with Crippen molar-refractivity contribution in [3.63, 3.8) is 0 Å². The Hall–Kier alpha value is -1.47. The van der Waals surface area contributed by atoms with Gasteiger partial charge in [-0.15, -0.1) is 0 Å². The maximum atomic E-state index is 12.8. The largest absolute Gasteiger partial charge is 0.355 e. The van der Waals surface area contributed by atoms with E-state index >= 15 is 0 Å². The molecular formula is C17H25FN2O3S. The van der Waals surface area contributed by atoms with Crippen LogP contribution in [-0.2, 0) is 21.2 Å². The van der Waals surface area contributed by atoms with Crippen LogP contribution in [0.3, 0.4) is 0 Å². The van der Waals surface area contributed by atoms with Crippen LogP contribution < -0.4 is 5.32 Å². The third-order valence-corrected chi connectivity index (χ3v) is 5.64. The van der Waals surface area contributed by atoms with Crippen LogP contribution in [0.4, 0.5) is 4.39 Å². The van der Waals surface area contributed by atoms with Gasteiger partial charge in [-0.05, 0) is 37.0 Å². The van der Waals surface area contributed by atoms with E-state index in [1.54, 1.807) is 12.1 Å². The van der Waals surface area contributed by atoms with Crippen molar-refractivity contribution in [2.45, 2.75) is 44.6 Å². The third-order valence-electron chi connectivity index (χ3n) is 4.36. The van der Waals surface area contributed by atoms with Gasteiger partial charge in [0, 0.05) is 12.6 Å². The SMILES string of the molecule is CS(=O)(=O)N(CC(=O)NCCc1ccc(F)cc1)C1CCCCC1. The van der Waals surface area contributed by atoms with Crippen LogP contribution in [0.2, 0.25) is 0 Å². The van der Waals surface area contributed by atoms with Crippen LogP contribution in [-0.4, -0.2) is 44.0 Å². The van der Waals surface area contributed by atoms with Gasteiger partial charge in [0.2, 0.25) is 15.9 Å². The highest BCUT2D eigenvalue weighted by atomic mass is 32.2. The molecule has 5 nitrogen and oxygen atoms in total. The highest BCUT2D eigenvalue weighted by molar-refractivity contribution is 7.88. The van der Waals surface area contributed by atoms with E-state index < -0.39 is 10.0 Å². The molecule has 0 heterocycles. The summed E-state index contributed by atoms with van der Waals surface area (Å²) in [7, 11) is -3.41. The maximum Gasteiger partial charge on any atom is 0.235 e. The lowest BCUT2D eigenvalue weighted by Gasteiger charge is -2.31. The summed E-state index contributed by atoms with van der Waals surface area (Å²) in [4.78, 5) is 12.1. The minimum absolute atomic E-state index is 0.0726. The Balaban J connectivity index is 1.84. The number of carbonyl (C=O) groups excluding carboxylic acids is 1. The van der Waals surface area contributed by atoms with Crippen LogP contribution in [0.5, 0.6) is 0 Å². The van der Waals surface area contributed by atoms with Crippen molar-refractivity contribution in [1.29, 1.82) is 0 Å². The molecule has 0 aromatic heterocycles. The maximum absolute atomic E-state index is 12.8. The number of benzene rings is 1. The minimum atomic E-state index is -3.41. The van der Waals surface area contributed by atoms with Gasteiger partial charge in [0.15, 0.2) is 0 Å². The molecule has 134 valence electrons. The number of nitrogens with one attached hydrogen (secondary N) is 1. The van der Waals surface area contributed by atoms with Crippen LogP contribution in [0.15, 0.2) is 24.3 Å². The molecule has 0 spiro atoms. The predicted octanol–water partition coefficient (Wildman–Crippen LogP) is 2.08. The first-order chi connectivity index (χ1) is 11.4. The summed E-state index contributed by atoms with van der Waals surface area (Å²) in [6.07, 6.45) is 6.50. The van der Waals surface area contributed by atoms with Gasteiger partial charge in [-0.1, -0.05) is 31.4 Å². The summed E-state index contributed by atoms with van der Waals surface area (Å²) in [5.41, 5.74) is 0.920. The summed E-state index contributed by atoms with van der Waals surface area (Å²) in [6, 6.07) is 6.03. The molecule has 1 amide bonds. The molecule has 1 aliphatic rings. The number of nitrogens with zero attached hydrogens (tertiary/aromatic N) is 1. The average molecular weight is 356 g/mol. The number of sulfonamides is 1. The Bertz CT molecular complexity index is 640. The van der Waals surface area contributed by atoms with Crippen LogP contribution in [0.1, 0.15) is 37.7 Å². The van der Waals surface area contributed by atoms with Crippen LogP contribution >= 0.6 is 0 Å². The van der Waals surface area contributed by atoms with Gasteiger partial charge < -0.3 is 5.32 Å². The van der Waals surface area contributed by atoms with E-state index in [-0.39, 0.29) is 24.3 Å². The Morgan fingerprint density at radius 2 is 1.83 bits per heavy atom. The smallest absolute Gasteiger partial charge is 0.235 e. The number of hydrogen-bond donors (Lipinski definition) is 1. The first-order valence-corrected chi connectivity index (χ1v) is 10.2. The van der Waals surface area contributed by atoms with E-state index in [4.69, 9.17) is 0 Å². The minimum Gasteiger partial charge on any atom is -0.355 e. The molecule has 0 unspecified atom stereocenters. The normalized spacial score (nSPS) is 16.3. The van der Waals surface area contributed by atoms with Gasteiger partial charge in [0.25, 0.3) is 0 Å². The Labute approximate surface area is 143 Å². The Morgan fingerprint density at radius 3 is 2.42 bits per heavy atom. The molecule has 1 N–H and O–H groups in total. The van der Waals surface area contributed by atoms with Gasteiger partial charge in [0.05, 0.1) is 12.8 Å². The van der Waals surface area contributed by atoms with Gasteiger partial charge in [-0.2, -0.15) is 4.31 Å². The van der Waals surface area contributed by atoms with Crippen LogP contribution in [0.25, 0.3) is 0 Å². The molecule has 1 saturated carbocycles. The summed E-state index contributed by atoms with van der Waals surface area (Å²) >= 11 is 0. The molecule has 0 atom stereocenters. The van der Waals surface area contributed by atoms with E-state index in [0.29, 0.717) is 13.0 Å². The number of rotatable bonds is 7. The molecular weight excluding hydrogens is 331 g/mol. The lowest BCUT2D eigenvalue weighted by molar-refractivity contribution is -0.121. The van der Waals surface area contributed by atoms with Crippen molar-refractivity contribution in [2.24, 2.45) is 0 Å². The van der Waals surface area contributed by atoms with Gasteiger partial charge in [-0.3, -0.25) is 4.79 Å². The topological polar surface area (TPSA) is 66.5 Å². The average Bonchev–Trinajstić information content (AvgIpc) is 2.54. The van der Waals surface area contributed by atoms with Crippen molar-refractivity contribution in [1.82, 2.24) is 9.62 Å². The number of amides is 1. The molecule has 2 rings (SSSR count). The Kier molecular flexibility index (Phi) is 6.74. The lowest BCUT2D eigenvalue weighted by Crippen LogP contribution is -2.46. The zero-order valence-corrected chi connectivity index (χ0v) is 14.8. The fraction of sp³-hybridized carbons (Fsp3) is 0.588. The second-order valence-electron chi connectivity index (χ2n) is 6.33. The van der Waals surface area contributed by atoms with Gasteiger partial charge >= 0.3 is 0 Å². The number of carbonyl (C=O) groups is 1. The third kappa shape index (κ3) is 5.87. The first-order valence-electron chi connectivity index (χ1n) is 8.34. The van der Waals surface area contributed by atoms with E-state index in [2.05, 4.69) is 5.32 Å². The Morgan fingerprint density at radius 1 is 1.21 bits per heavy atom. The number of halogens is 1. The summed E-state index contributed by atoms with van der Waals surface area (Å²) in [5.74, 6) is -0.591. The van der Waals surface area contributed by atoms with Crippen molar-refractivity contribution in [2.75, 3.05) is 19.3 Å². The molecule has 0 aliphatic heterocycles. The molecule has 1 aliphatic carbocycles. The molecule has 1 fully saturated rings. The second kappa shape index (κ2) is 8.58. The fourth-order valence-corrected chi connectivity index (χ4v) is 4.19. The predicted molar refractivity (Wildman–Crippen MR) is 91.5 cm³/mol. The van der Waals surface area contributed by atoms with Crippen LogP contribution in [0, 0.1) is 5.82 Å². The highest BCUT2D eigenvalue weighted by Gasteiger charge is 2.29. The molecule has 7 heteroatoms. The fourth-order valence-electron chi connectivity index (χ4n) is 3.08. The van der Waals surface area contributed by atoms with Crippen molar-refractivity contribution in [3.05, 3.63) is 35.6 Å². The van der Waals surface area contributed by atoms with Crippen molar-refractivity contribution in [3.8, 4) is 0 Å². The van der Waals surface area contributed by atoms with Gasteiger partial charge in [0.1, 0.15) is 5.82 Å². The number of hydrogen-bond acceptors (Lipinski definition) is 3. The van der Waals surface area contributed by atoms with E-state index in [0.717, 1.165) is 43.9 Å². The van der Waals surface area contributed by atoms with E-state index in [1.165, 1.54) is 16.4 Å². The molecule has 0 bridgehead atoms. The summed E-state index contributed by atoms with van der Waals surface area (Å²) in [5, 5.41) is 2.75. The van der Waals surface area contributed by atoms with Crippen molar-refractivity contribution >= 4 is 15.9 Å². The zero-order chi connectivity index (χ0) is 17.6. The lowest BCUT2D eigenvalue weighted by atomic mass is 9.95. The highest BCUT2D eigenvalue weighted by Crippen LogP contribution is 2.24. The van der Waals surface area contributed by atoms with E-state index in [1.807, 2.05) is 0 Å². The standard InChI is InChI=1S/C17H25FN2O3S/c1-24(22,23)20(16-5-3-2-4-6-16)13-17(21)19-12-11-14-7-9-15(18)10-8-14/h7-10,16H,2-6,11-13H2,1H3,(H,19,21). The van der Waals surface area contributed by atoms with Gasteiger partial charge in [-0.25, -0.2) is 12.8 Å². The monoisotopic (exact) mass is 356 g/mol. The molecule has 1 aromatic rings.